The lowest BCUT2D eigenvalue weighted by Gasteiger charge is -2.34. The minimum Gasteiger partial charge on any atom is -0.382 e. The van der Waals surface area contributed by atoms with Gasteiger partial charge in [0.15, 0.2) is 5.13 Å². The van der Waals surface area contributed by atoms with E-state index in [1.165, 1.54) is 11.3 Å². The molecule has 0 bridgehead atoms. The molecule has 0 spiro atoms. The van der Waals surface area contributed by atoms with Crippen molar-refractivity contribution < 1.29 is 4.79 Å². The molecule has 5 nitrogen and oxygen atoms in total. The fourth-order valence-corrected chi connectivity index (χ4v) is 4.82. The smallest absolute Gasteiger partial charge is 0.267 e. The second-order valence-electron chi connectivity index (χ2n) is 5.60. The molecule has 21 heavy (non-hydrogen) atoms. The van der Waals surface area contributed by atoms with Crippen molar-refractivity contribution in [2.24, 2.45) is 0 Å². The highest BCUT2D eigenvalue weighted by molar-refractivity contribution is 8.00. The first-order valence-corrected chi connectivity index (χ1v) is 9.10. The molecule has 7 heteroatoms. The summed E-state index contributed by atoms with van der Waals surface area (Å²) in [6, 6.07) is 0. The Morgan fingerprint density at radius 3 is 2.62 bits per heavy atom. The molecule has 1 fully saturated rings. The van der Waals surface area contributed by atoms with Gasteiger partial charge in [-0.05, 0) is 6.42 Å². The molecule has 2 rings (SSSR count). The van der Waals surface area contributed by atoms with E-state index in [-0.39, 0.29) is 5.91 Å². The summed E-state index contributed by atoms with van der Waals surface area (Å²) in [6.07, 6.45) is 1.04. The van der Waals surface area contributed by atoms with E-state index in [1.807, 2.05) is 23.7 Å². The summed E-state index contributed by atoms with van der Waals surface area (Å²) in [5.41, 5.74) is 5.97. The van der Waals surface area contributed by atoms with Gasteiger partial charge in [0.1, 0.15) is 10.7 Å². The first-order valence-electron chi connectivity index (χ1n) is 7.34. The highest BCUT2D eigenvalue weighted by atomic mass is 32.2. The number of hydrogen-bond acceptors (Lipinski definition) is 6. The number of nitrogens with two attached hydrogens (primary N) is 1. The van der Waals surface area contributed by atoms with Gasteiger partial charge in [-0.25, -0.2) is 4.98 Å². The summed E-state index contributed by atoms with van der Waals surface area (Å²) < 4.78 is 0. The fourth-order valence-electron chi connectivity index (χ4n) is 2.56. The van der Waals surface area contributed by atoms with Crippen LogP contribution in [0.4, 0.5) is 10.9 Å². The quantitative estimate of drug-likeness (QED) is 0.920. The second kappa shape index (κ2) is 6.87. The van der Waals surface area contributed by atoms with Gasteiger partial charge in [-0.1, -0.05) is 32.1 Å². The van der Waals surface area contributed by atoms with Gasteiger partial charge in [0, 0.05) is 37.2 Å². The van der Waals surface area contributed by atoms with Gasteiger partial charge >= 0.3 is 0 Å². The second-order valence-corrected chi connectivity index (χ2v) is 8.46. The summed E-state index contributed by atoms with van der Waals surface area (Å²) in [6.45, 7) is 8.92. The van der Waals surface area contributed by atoms with E-state index in [0.29, 0.717) is 21.2 Å². The Labute approximate surface area is 134 Å². The first-order chi connectivity index (χ1) is 9.92. The maximum absolute atomic E-state index is 12.7. The lowest BCUT2D eigenvalue weighted by molar-refractivity contribution is 0.0759. The van der Waals surface area contributed by atoms with E-state index in [9.17, 15) is 4.79 Å². The van der Waals surface area contributed by atoms with E-state index >= 15 is 0 Å². The third-order valence-corrected chi connectivity index (χ3v) is 5.83. The molecule has 2 atom stereocenters. The molecule has 0 aromatic carbocycles. The monoisotopic (exact) mass is 328 g/mol. The van der Waals surface area contributed by atoms with Crippen molar-refractivity contribution in [3.8, 4) is 0 Å². The van der Waals surface area contributed by atoms with Gasteiger partial charge < -0.3 is 15.5 Å². The standard InChI is InChI=1S/C14H24N4OS2/c1-5-6-17(4)14-16-12(15)11(21-14)13(19)18-7-9(2)20-10(3)8-18/h9-10H,5-8,15H2,1-4H3. The van der Waals surface area contributed by atoms with E-state index in [1.54, 1.807) is 0 Å². The fraction of sp³-hybridized carbons (Fsp3) is 0.714. The number of nitrogens with zero attached hydrogens (tertiary/aromatic N) is 3. The molecule has 2 heterocycles. The summed E-state index contributed by atoms with van der Waals surface area (Å²) in [4.78, 5) is 21.6. The number of thioether (sulfide) groups is 1. The van der Waals surface area contributed by atoms with Crippen LogP contribution in [-0.4, -0.2) is 53.0 Å². The summed E-state index contributed by atoms with van der Waals surface area (Å²) in [7, 11) is 1.98. The molecule has 118 valence electrons. The topological polar surface area (TPSA) is 62.5 Å². The van der Waals surface area contributed by atoms with Crippen molar-refractivity contribution in [3.05, 3.63) is 4.88 Å². The zero-order valence-corrected chi connectivity index (χ0v) is 14.8. The van der Waals surface area contributed by atoms with Crippen molar-refractivity contribution in [2.75, 3.05) is 37.3 Å². The predicted molar refractivity (Wildman–Crippen MR) is 92.5 cm³/mol. The molecular weight excluding hydrogens is 304 g/mol. The van der Waals surface area contributed by atoms with Crippen LogP contribution in [0.3, 0.4) is 0 Å². The molecular formula is C14H24N4OS2. The molecule has 2 N–H and O–H groups in total. The van der Waals surface area contributed by atoms with Gasteiger partial charge in [0.25, 0.3) is 5.91 Å². The number of anilines is 2. The van der Waals surface area contributed by atoms with Gasteiger partial charge in [0.05, 0.1) is 0 Å². The zero-order valence-electron chi connectivity index (χ0n) is 13.1. The first kappa shape index (κ1) is 16.4. The van der Waals surface area contributed by atoms with Crippen LogP contribution in [-0.2, 0) is 0 Å². The SMILES string of the molecule is CCCN(C)c1nc(N)c(C(=O)N2CC(C)SC(C)C2)s1. The molecule has 1 saturated heterocycles. The van der Waals surface area contributed by atoms with Crippen LogP contribution in [0.15, 0.2) is 0 Å². The van der Waals surface area contributed by atoms with Crippen LogP contribution >= 0.6 is 23.1 Å². The number of carbonyl (C=O) groups is 1. The molecule has 0 saturated carbocycles. The summed E-state index contributed by atoms with van der Waals surface area (Å²) in [5.74, 6) is 0.390. The highest BCUT2D eigenvalue weighted by Gasteiger charge is 2.29. The van der Waals surface area contributed by atoms with Crippen molar-refractivity contribution >= 4 is 40.0 Å². The van der Waals surface area contributed by atoms with Crippen LogP contribution in [0, 0.1) is 0 Å². The molecule has 1 aromatic heterocycles. The molecule has 1 aromatic rings. The maximum atomic E-state index is 12.7. The number of amides is 1. The summed E-state index contributed by atoms with van der Waals surface area (Å²) >= 11 is 3.34. The average Bonchev–Trinajstić information content (AvgIpc) is 2.79. The zero-order chi connectivity index (χ0) is 15.6. The Bertz CT molecular complexity index is 495. The van der Waals surface area contributed by atoms with Crippen molar-refractivity contribution in [3.63, 3.8) is 0 Å². The number of hydrogen-bond donors (Lipinski definition) is 1. The van der Waals surface area contributed by atoms with Crippen molar-refractivity contribution in [1.82, 2.24) is 9.88 Å². The molecule has 2 unspecified atom stereocenters. The Hall–Kier alpha value is -0.950. The van der Waals surface area contributed by atoms with Crippen molar-refractivity contribution in [1.29, 1.82) is 0 Å². The summed E-state index contributed by atoms with van der Waals surface area (Å²) in [5, 5.41) is 1.76. The molecule has 0 radical (unpaired) electrons. The van der Waals surface area contributed by atoms with Gasteiger partial charge in [0.2, 0.25) is 0 Å². The van der Waals surface area contributed by atoms with Gasteiger partial charge in [-0.2, -0.15) is 11.8 Å². The highest BCUT2D eigenvalue weighted by Crippen LogP contribution is 2.31. The Morgan fingerprint density at radius 1 is 1.43 bits per heavy atom. The Balaban J connectivity index is 2.15. The Morgan fingerprint density at radius 2 is 2.05 bits per heavy atom. The van der Waals surface area contributed by atoms with Crippen LogP contribution < -0.4 is 10.6 Å². The lowest BCUT2D eigenvalue weighted by atomic mass is 10.3. The third kappa shape index (κ3) is 3.83. The van der Waals surface area contributed by atoms with E-state index < -0.39 is 0 Å². The van der Waals surface area contributed by atoms with Gasteiger partial charge in [-0.3, -0.25) is 4.79 Å². The molecule has 0 aliphatic carbocycles. The largest absolute Gasteiger partial charge is 0.382 e. The van der Waals surface area contributed by atoms with E-state index in [4.69, 9.17) is 5.73 Å². The minimum atomic E-state index is 0.0279. The number of nitrogen functional groups attached to an aromatic ring is 1. The van der Waals surface area contributed by atoms with Crippen molar-refractivity contribution in [2.45, 2.75) is 37.7 Å². The van der Waals surface area contributed by atoms with Crippen LogP contribution in [0.1, 0.15) is 36.9 Å². The number of rotatable bonds is 4. The third-order valence-electron chi connectivity index (χ3n) is 3.43. The average molecular weight is 329 g/mol. The van der Waals surface area contributed by atoms with E-state index in [0.717, 1.165) is 31.2 Å². The van der Waals surface area contributed by atoms with E-state index in [2.05, 4.69) is 30.7 Å². The maximum Gasteiger partial charge on any atom is 0.267 e. The minimum absolute atomic E-state index is 0.0279. The Kier molecular flexibility index (Phi) is 5.37. The molecule has 1 aliphatic heterocycles. The normalized spacial score (nSPS) is 22.4. The molecule has 1 amide bonds. The number of thiazole rings is 1. The van der Waals surface area contributed by atoms with Gasteiger partial charge in [-0.15, -0.1) is 0 Å². The van der Waals surface area contributed by atoms with Crippen LogP contribution in [0.5, 0.6) is 0 Å². The lowest BCUT2D eigenvalue weighted by Crippen LogP contribution is -2.43. The predicted octanol–water partition coefficient (Wildman–Crippen LogP) is 2.54. The van der Waals surface area contributed by atoms with Crippen LogP contribution in [0.25, 0.3) is 0 Å². The number of aromatic nitrogens is 1. The number of carbonyl (C=O) groups excluding carboxylic acids is 1. The van der Waals surface area contributed by atoms with Crippen LogP contribution in [0.2, 0.25) is 0 Å². The molecule has 1 aliphatic rings.